The normalized spacial score (nSPS) is 24.2. The topological polar surface area (TPSA) is 39.3 Å². The summed E-state index contributed by atoms with van der Waals surface area (Å²) in [5.74, 6) is 4.64. The Labute approximate surface area is 138 Å². The molecule has 0 spiro atoms. The van der Waals surface area contributed by atoms with Crippen molar-refractivity contribution in [3.8, 4) is 0 Å². The van der Waals surface area contributed by atoms with Crippen molar-refractivity contribution in [1.29, 1.82) is 0 Å². The van der Waals surface area contributed by atoms with E-state index >= 15 is 0 Å². The summed E-state index contributed by atoms with van der Waals surface area (Å²) in [5.41, 5.74) is 2.62. The van der Waals surface area contributed by atoms with E-state index in [9.17, 15) is 4.21 Å². The maximum Gasteiger partial charge on any atom is 0.0902 e. The van der Waals surface area contributed by atoms with Gasteiger partial charge in [-0.3, -0.25) is 0 Å². The van der Waals surface area contributed by atoms with E-state index in [1.54, 1.807) is 0 Å². The van der Waals surface area contributed by atoms with Gasteiger partial charge in [0, 0.05) is 43.3 Å². The third-order valence-electron chi connectivity index (χ3n) is 5.39. The van der Waals surface area contributed by atoms with Gasteiger partial charge in [0.15, 0.2) is 0 Å². The summed E-state index contributed by atoms with van der Waals surface area (Å²) >= 11 is 0. The Hall–Kier alpha value is -1.30. The molecule has 0 aliphatic carbocycles. The molecule has 2 aliphatic rings. The van der Waals surface area contributed by atoms with Crippen molar-refractivity contribution in [3.63, 3.8) is 0 Å². The van der Waals surface area contributed by atoms with Gasteiger partial charge in [-0.2, -0.15) is 0 Å². The third-order valence-corrected chi connectivity index (χ3v) is 7.73. The first-order chi connectivity index (χ1) is 11.2. The van der Waals surface area contributed by atoms with Crippen molar-refractivity contribution in [2.24, 2.45) is 0 Å². The summed E-state index contributed by atoms with van der Waals surface area (Å²) in [5, 5.41) is 1.33. The van der Waals surface area contributed by atoms with Crippen LogP contribution in [0.3, 0.4) is 0 Å². The molecular weight excluding hydrogens is 306 g/mol. The molecule has 1 N–H and O–H groups in total. The van der Waals surface area contributed by atoms with E-state index in [4.69, 9.17) is 0 Å². The van der Waals surface area contributed by atoms with Crippen LogP contribution >= 0.6 is 0 Å². The Morgan fingerprint density at radius 3 is 2.43 bits per heavy atom. The number of nitrogens with zero attached hydrogens (tertiary/aromatic N) is 2. The molecule has 2 aliphatic heterocycles. The van der Waals surface area contributed by atoms with Crippen molar-refractivity contribution in [2.45, 2.75) is 31.6 Å². The number of piperidine rings is 1. The summed E-state index contributed by atoms with van der Waals surface area (Å²) in [7, 11) is -2.24. The van der Waals surface area contributed by atoms with Crippen LogP contribution in [0.5, 0.6) is 0 Å². The smallest absolute Gasteiger partial charge is 0.0902 e. The van der Waals surface area contributed by atoms with Gasteiger partial charge in [0.25, 0.3) is 0 Å². The monoisotopic (exact) mass is 331 g/mol. The van der Waals surface area contributed by atoms with E-state index in [1.807, 2.05) is 0 Å². The van der Waals surface area contributed by atoms with Gasteiger partial charge in [-0.1, -0.05) is 18.2 Å². The highest BCUT2D eigenvalue weighted by Gasteiger charge is 2.30. The number of benzene rings is 1. The minimum atomic E-state index is -2.24. The van der Waals surface area contributed by atoms with Crippen LogP contribution in [0.1, 0.15) is 37.2 Å². The molecular formula is C18H25N3OS. The second-order valence-electron chi connectivity index (χ2n) is 6.74. The highest BCUT2D eigenvalue weighted by atomic mass is 32.2. The van der Waals surface area contributed by atoms with Crippen LogP contribution < -0.4 is 0 Å². The van der Waals surface area contributed by atoms with Gasteiger partial charge < -0.3 is 4.98 Å². The van der Waals surface area contributed by atoms with Crippen LogP contribution in [0, 0.1) is 0 Å². The fourth-order valence-electron chi connectivity index (χ4n) is 4.02. The third kappa shape index (κ3) is 2.71. The number of nitrogens with one attached hydrogen (secondary N) is 1. The Balaban J connectivity index is 1.49. The average molecular weight is 331 g/mol. The van der Waals surface area contributed by atoms with Gasteiger partial charge >= 0.3 is 0 Å². The standard InChI is InChI=1S/C18H25N3OS/c1-23(22,20-10-4-5-11-20)21-12-8-15(9-13-21)17-14-19-18-7-3-2-6-16(17)18/h2-3,6-7,14-15,19H,1,4-5,8-13H2. The lowest BCUT2D eigenvalue weighted by atomic mass is 9.90. The molecule has 0 saturated carbocycles. The predicted molar refractivity (Wildman–Crippen MR) is 97.9 cm³/mol. The first-order valence-corrected chi connectivity index (χ1v) is 10.2. The molecule has 4 nitrogen and oxygen atoms in total. The summed E-state index contributed by atoms with van der Waals surface area (Å²) in [6.45, 7) is 3.63. The number of rotatable bonds is 3. The molecule has 1 aromatic carbocycles. The van der Waals surface area contributed by atoms with E-state index in [2.05, 4.69) is 49.9 Å². The number of aromatic amines is 1. The van der Waals surface area contributed by atoms with E-state index in [-0.39, 0.29) is 0 Å². The van der Waals surface area contributed by atoms with Gasteiger partial charge in [0.2, 0.25) is 0 Å². The molecule has 2 fully saturated rings. The Bertz CT molecular complexity index is 781. The molecule has 2 saturated heterocycles. The van der Waals surface area contributed by atoms with E-state index < -0.39 is 9.89 Å². The summed E-state index contributed by atoms with van der Waals surface area (Å²) in [6.07, 6.45) is 6.58. The zero-order chi connectivity index (χ0) is 15.9. The number of fused-ring (bicyclic) bond motifs is 1. The first-order valence-electron chi connectivity index (χ1n) is 8.60. The number of para-hydroxylation sites is 1. The maximum atomic E-state index is 13.1. The average Bonchev–Trinajstić information content (AvgIpc) is 3.25. The molecule has 23 heavy (non-hydrogen) atoms. The van der Waals surface area contributed by atoms with Gasteiger partial charge in [-0.05, 0) is 49.1 Å². The SMILES string of the molecule is C=S(=O)(N1CCCC1)N1CCC(c2c[nH]c3ccccc23)CC1. The Morgan fingerprint density at radius 1 is 1.04 bits per heavy atom. The Kier molecular flexibility index (Phi) is 3.95. The van der Waals surface area contributed by atoms with E-state index in [0.717, 1.165) is 51.9 Å². The van der Waals surface area contributed by atoms with Gasteiger partial charge in [-0.15, -0.1) is 0 Å². The summed E-state index contributed by atoms with van der Waals surface area (Å²) in [4.78, 5) is 3.38. The zero-order valence-corrected chi connectivity index (χ0v) is 14.4. The van der Waals surface area contributed by atoms with E-state index in [0.29, 0.717) is 5.92 Å². The zero-order valence-electron chi connectivity index (χ0n) is 13.5. The molecule has 1 aromatic heterocycles. The summed E-state index contributed by atoms with van der Waals surface area (Å²) in [6, 6.07) is 8.50. The Morgan fingerprint density at radius 2 is 1.70 bits per heavy atom. The fraction of sp³-hybridized carbons (Fsp3) is 0.500. The quantitative estimate of drug-likeness (QED) is 0.863. The van der Waals surface area contributed by atoms with Crippen LogP contribution in [0.15, 0.2) is 30.5 Å². The maximum absolute atomic E-state index is 13.1. The van der Waals surface area contributed by atoms with Crippen LogP contribution in [0.4, 0.5) is 0 Å². The van der Waals surface area contributed by atoms with Crippen LogP contribution in [0.25, 0.3) is 10.9 Å². The van der Waals surface area contributed by atoms with E-state index in [1.165, 1.54) is 16.5 Å². The molecule has 5 heteroatoms. The second-order valence-corrected chi connectivity index (χ2v) is 8.98. The molecule has 0 radical (unpaired) electrons. The lowest BCUT2D eigenvalue weighted by molar-refractivity contribution is 0.316. The fourth-order valence-corrected chi connectivity index (χ4v) is 5.96. The second kappa shape index (κ2) is 5.96. The molecule has 3 heterocycles. The lowest BCUT2D eigenvalue weighted by Gasteiger charge is -2.37. The highest BCUT2D eigenvalue weighted by molar-refractivity contribution is 7.96. The molecule has 0 bridgehead atoms. The van der Waals surface area contributed by atoms with Gasteiger partial charge in [-0.25, -0.2) is 12.8 Å². The van der Waals surface area contributed by atoms with Crippen molar-refractivity contribution >= 4 is 26.7 Å². The largest absolute Gasteiger partial charge is 0.361 e. The lowest BCUT2D eigenvalue weighted by Crippen LogP contribution is -2.45. The number of H-pyrrole nitrogens is 1. The van der Waals surface area contributed by atoms with Crippen LogP contribution in [-0.4, -0.2) is 49.9 Å². The number of hydrogen-bond donors (Lipinski definition) is 1. The first kappa shape index (κ1) is 15.2. The van der Waals surface area contributed by atoms with Gasteiger partial charge in [0.1, 0.15) is 0 Å². The van der Waals surface area contributed by atoms with Crippen molar-refractivity contribution < 1.29 is 4.21 Å². The summed E-state index contributed by atoms with van der Waals surface area (Å²) < 4.78 is 17.3. The predicted octanol–water partition coefficient (Wildman–Crippen LogP) is 2.99. The molecule has 0 amide bonds. The number of aromatic nitrogens is 1. The van der Waals surface area contributed by atoms with Crippen molar-refractivity contribution in [1.82, 2.24) is 13.6 Å². The number of hydrogen-bond acceptors (Lipinski definition) is 1. The van der Waals surface area contributed by atoms with Crippen LogP contribution in [0.2, 0.25) is 0 Å². The minimum absolute atomic E-state index is 0.552. The van der Waals surface area contributed by atoms with Crippen molar-refractivity contribution in [2.75, 3.05) is 26.2 Å². The minimum Gasteiger partial charge on any atom is -0.361 e. The molecule has 1 atom stereocenters. The van der Waals surface area contributed by atoms with Crippen LogP contribution in [-0.2, 0) is 9.89 Å². The molecule has 4 rings (SSSR count). The molecule has 124 valence electrons. The molecule has 2 aromatic rings. The van der Waals surface area contributed by atoms with Crippen molar-refractivity contribution in [3.05, 3.63) is 36.0 Å². The highest BCUT2D eigenvalue weighted by Crippen LogP contribution is 2.34. The molecule has 1 unspecified atom stereocenters. The van der Waals surface area contributed by atoms with Gasteiger partial charge in [0.05, 0.1) is 9.89 Å².